The van der Waals surface area contributed by atoms with E-state index in [4.69, 9.17) is 10.00 Å². The summed E-state index contributed by atoms with van der Waals surface area (Å²) in [5, 5.41) is 9.06. The zero-order valence-corrected chi connectivity index (χ0v) is 13.7. The van der Waals surface area contributed by atoms with Crippen LogP contribution in [0.25, 0.3) is 0 Å². The standard InChI is InChI=1S/C19H20N2O2/c1-4-21(17-11-14(2)9-10-15(17)3)19(22)13-23-18-8-6-5-7-16(18)12-20/h5-11H,4,13H2,1-3H3. The number of hydrogen-bond acceptors (Lipinski definition) is 3. The molecule has 0 atom stereocenters. The van der Waals surface area contributed by atoms with Crippen LogP contribution in [-0.4, -0.2) is 19.1 Å². The van der Waals surface area contributed by atoms with Crippen LogP contribution in [0.15, 0.2) is 42.5 Å². The number of ether oxygens (including phenoxy) is 1. The van der Waals surface area contributed by atoms with Gasteiger partial charge in [0, 0.05) is 12.2 Å². The van der Waals surface area contributed by atoms with Crippen molar-refractivity contribution >= 4 is 11.6 Å². The molecule has 0 radical (unpaired) electrons. The van der Waals surface area contributed by atoms with Crippen molar-refractivity contribution in [1.29, 1.82) is 5.26 Å². The molecule has 0 aliphatic carbocycles. The van der Waals surface area contributed by atoms with Gasteiger partial charge in [-0.25, -0.2) is 0 Å². The third kappa shape index (κ3) is 3.89. The summed E-state index contributed by atoms with van der Waals surface area (Å²) in [7, 11) is 0. The Labute approximate surface area is 136 Å². The van der Waals surface area contributed by atoms with E-state index in [0.29, 0.717) is 17.9 Å². The van der Waals surface area contributed by atoms with E-state index in [2.05, 4.69) is 6.07 Å². The molecule has 0 aliphatic heterocycles. The third-order valence-electron chi connectivity index (χ3n) is 3.63. The van der Waals surface area contributed by atoms with Gasteiger partial charge < -0.3 is 9.64 Å². The number of nitriles is 1. The average Bonchev–Trinajstić information content (AvgIpc) is 2.57. The number of hydrogen-bond donors (Lipinski definition) is 0. The van der Waals surface area contributed by atoms with Gasteiger partial charge in [-0.2, -0.15) is 5.26 Å². The number of nitrogens with zero attached hydrogens (tertiary/aromatic N) is 2. The molecule has 4 nitrogen and oxygen atoms in total. The van der Waals surface area contributed by atoms with Crippen LogP contribution in [0, 0.1) is 25.2 Å². The van der Waals surface area contributed by atoms with Crippen molar-refractivity contribution in [3.63, 3.8) is 0 Å². The van der Waals surface area contributed by atoms with E-state index in [1.807, 2.05) is 39.0 Å². The van der Waals surface area contributed by atoms with E-state index in [1.165, 1.54) is 0 Å². The smallest absolute Gasteiger partial charge is 0.264 e. The molecule has 0 aromatic heterocycles. The highest BCUT2D eigenvalue weighted by Crippen LogP contribution is 2.22. The maximum atomic E-state index is 12.5. The Balaban J connectivity index is 2.15. The Kier molecular flexibility index (Phi) is 5.37. The second kappa shape index (κ2) is 7.46. The number of aryl methyl sites for hydroxylation is 2. The molecule has 2 aromatic rings. The van der Waals surface area contributed by atoms with Crippen LogP contribution in [0.3, 0.4) is 0 Å². The van der Waals surface area contributed by atoms with Crippen LogP contribution >= 0.6 is 0 Å². The molecule has 2 aromatic carbocycles. The summed E-state index contributed by atoms with van der Waals surface area (Å²) in [5.41, 5.74) is 3.47. The monoisotopic (exact) mass is 308 g/mol. The highest BCUT2D eigenvalue weighted by molar-refractivity contribution is 5.95. The van der Waals surface area contributed by atoms with Crippen molar-refractivity contribution in [3.8, 4) is 11.8 Å². The second-order valence-corrected chi connectivity index (χ2v) is 5.32. The largest absolute Gasteiger partial charge is 0.482 e. The molecule has 0 saturated heterocycles. The summed E-state index contributed by atoms with van der Waals surface area (Å²) in [6, 6.07) is 15.0. The van der Waals surface area contributed by atoms with Gasteiger partial charge in [0.25, 0.3) is 5.91 Å². The Morgan fingerprint density at radius 3 is 2.65 bits per heavy atom. The third-order valence-corrected chi connectivity index (χ3v) is 3.63. The van der Waals surface area contributed by atoms with Crippen LogP contribution < -0.4 is 9.64 Å². The van der Waals surface area contributed by atoms with Crippen molar-refractivity contribution < 1.29 is 9.53 Å². The zero-order chi connectivity index (χ0) is 16.8. The number of carbonyl (C=O) groups excluding carboxylic acids is 1. The predicted octanol–water partition coefficient (Wildman–Crippen LogP) is 3.61. The van der Waals surface area contributed by atoms with Gasteiger partial charge in [-0.05, 0) is 50.1 Å². The number of carbonyl (C=O) groups is 1. The summed E-state index contributed by atoms with van der Waals surface area (Å²) < 4.78 is 5.55. The van der Waals surface area contributed by atoms with E-state index in [0.717, 1.165) is 16.8 Å². The lowest BCUT2D eigenvalue weighted by Crippen LogP contribution is -2.35. The molecule has 0 N–H and O–H groups in total. The molecule has 23 heavy (non-hydrogen) atoms. The minimum absolute atomic E-state index is 0.0973. The maximum absolute atomic E-state index is 12.5. The van der Waals surface area contributed by atoms with Crippen molar-refractivity contribution in [2.75, 3.05) is 18.1 Å². The number of likely N-dealkylation sites (N-methyl/N-ethyl adjacent to an activating group) is 1. The zero-order valence-electron chi connectivity index (χ0n) is 13.7. The highest BCUT2D eigenvalue weighted by atomic mass is 16.5. The van der Waals surface area contributed by atoms with Gasteiger partial charge in [-0.1, -0.05) is 24.3 Å². The van der Waals surface area contributed by atoms with E-state index < -0.39 is 0 Å². The summed E-state index contributed by atoms with van der Waals surface area (Å²) in [5.74, 6) is 0.300. The molecule has 0 unspecified atom stereocenters. The maximum Gasteiger partial charge on any atom is 0.264 e. The SMILES string of the molecule is CCN(C(=O)COc1ccccc1C#N)c1cc(C)ccc1C. The molecular weight excluding hydrogens is 288 g/mol. The van der Waals surface area contributed by atoms with Gasteiger partial charge >= 0.3 is 0 Å². The molecule has 0 fully saturated rings. The second-order valence-electron chi connectivity index (χ2n) is 5.32. The van der Waals surface area contributed by atoms with Crippen LogP contribution in [0.4, 0.5) is 5.69 Å². The first-order valence-corrected chi connectivity index (χ1v) is 7.56. The van der Waals surface area contributed by atoms with Gasteiger partial charge in [0.1, 0.15) is 11.8 Å². The normalized spacial score (nSPS) is 10.0. The Morgan fingerprint density at radius 1 is 1.22 bits per heavy atom. The Hall–Kier alpha value is -2.80. The number of rotatable bonds is 5. The fourth-order valence-corrected chi connectivity index (χ4v) is 2.39. The molecule has 118 valence electrons. The topological polar surface area (TPSA) is 53.3 Å². The molecule has 4 heteroatoms. The van der Waals surface area contributed by atoms with Crippen molar-refractivity contribution in [3.05, 3.63) is 59.2 Å². The average molecular weight is 308 g/mol. The summed E-state index contributed by atoms with van der Waals surface area (Å²) in [6.07, 6.45) is 0. The highest BCUT2D eigenvalue weighted by Gasteiger charge is 2.17. The fraction of sp³-hybridized carbons (Fsp3) is 0.263. The number of para-hydroxylation sites is 1. The molecule has 1 amide bonds. The first kappa shape index (κ1) is 16.6. The number of benzene rings is 2. The first-order valence-electron chi connectivity index (χ1n) is 7.56. The van der Waals surface area contributed by atoms with Gasteiger partial charge in [-0.15, -0.1) is 0 Å². The van der Waals surface area contributed by atoms with Gasteiger partial charge in [0.2, 0.25) is 0 Å². The molecule has 0 spiro atoms. The molecule has 0 aliphatic rings. The van der Waals surface area contributed by atoms with Gasteiger partial charge in [0.05, 0.1) is 5.56 Å². The van der Waals surface area contributed by atoms with Gasteiger partial charge in [0.15, 0.2) is 6.61 Å². The summed E-state index contributed by atoms with van der Waals surface area (Å²) in [6.45, 7) is 6.38. The Bertz CT molecular complexity index is 747. The van der Waals surface area contributed by atoms with Crippen LogP contribution in [0.2, 0.25) is 0 Å². The molecule has 0 saturated carbocycles. The van der Waals surface area contributed by atoms with Crippen LogP contribution in [-0.2, 0) is 4.79 Å². The van der Waals surface area contributed by atoms with Crippen LogP contribution in [0.1, 0.15) is 23.6 Å². The summed E-state index contributed by atoms with van der Waals surface area (Å²) >= 11 is 0. The minimum Gasteiger partial charge on any atom is -0.482 e. The van der Waals surface area contributed by atoms with E-state index in [9.17, 15) is 4.79 Å². The Morgan fingerprint density at radius 2 is 1.96 bits per heavy atom. The predicted molar refractivity (Wildman–Crippen MR) is 90.6 cm³/mol. The van der Waals surface area contributed by atoms with Gasteiger partial charge in [-0.3, -0.25) is 4.79 Å². The number of amides is 1. The number of anilines is 1. The lowest BCUT2D eigenvalue weighted by atomic mass is 10.1. The van der Waals surface area contributed by atoms with Crippen molar-refractivity contribution in [2.45, 2.75) is 20.8 Å². The van der Waals surface area contributed by atoms with Crippen molar-refractivity contribution in [1.82, 2.24) is 0 Å². The molecule has 0 bridgehead atoms. The minimum atomic E-state index is -0.131. The fourth-order valence-electron chi connectivity index (χ4n) is 2.39. The van der Waals surface area contributed by atoms with E-state index in [1.54, 1.807) is 29.2 Å². The molecule has 0 heterocycles. The first-order chi connectivity index (χ1) is 11.1. The molecule has 2 rings (SSSR count). The van der Waals surface area contributed by atoms with Crippen LogP contribution in [0.5, 0.6) is 5.75 Å². The lowest BCUT2D eigenvalue weighted by molar-refractivity contribution is -0.120. The van der Waals surface area contributed by atoms with E-state index in [-0.39, 0.29) is 12.5 Å². The molecular formula is C19H20N2O2. The van der Waals surface area contributed by atoms with Crippen molar-refractivity contribution in [2.24, 2.45) is 0 Å². The quantitative estimate of drug-likeness (QED) is 0.848. The van der Waals surface area contributed by atoms with E-state index >= 15 is 0 Å². The lowest BCUT2D eigenvalue weighted by Gasteiger charge is -2.23. The summed E-state index contributed by atoms with van der Waals surface area (Å²) in [4.78, 5) is 14.2.